The number of amides is 3. The van der Waals surface area contributed by atoms with Crippen LogP contribution < -0.4 is 16.8 Å². The van der Waals surface area contributed by atoms with E-state index >= 15 is 0 Å². The number of urea groups is 1. The zero-order valence-corrected chi connectivity index (χ0v) is 14.2. The second-order valence-electron chi connectivity index (χ2n) is 5.28. The molecule has 0 unspecified atom stereocenters. The third kappa shape index (κ3) is 3.95. The van der Waals surface area contributed by atoms with E-state index in [1.165, 1.54) is 22.6 Å². The number of primary amides is 2. The molecule has 1 heterocycles. The molecular weight excluding hydrogens is 354 g/mol. The maximum atomic E-state index is 11.5. The third-order valence-corrected chi connectivity index (χ3v) is 4.39. The Bertz CT molecular complexity index is 952. The molecule has 0 bridgehead atoms. The van der Waals surface area contributed by atoms with Gasteiger partial charge in [-0.05, 0) is 48.5 Å². The number of nitrogens with zero attached hydrogens (tertiary/aromatic N) is 2. The average Bonchev–Trinajstić information content (AvgIpc) is 3.01. The molecule has 3 rings (SSSR count). The lowest BCUT2D eigenvalue weighted by atomic mass is 10.3. The van der Waals surface area contributed by atoms with E-state index in [1.54, 1.807) is 12.1 Å². The van der Waals surface area contributed by atoms with Gasteiger partial charge in [0, 0.05) is 9.79 Å². The van der Waals surface area contributed by atoms with Gasteiger partial charge >= 0.3 is 6.03 Å². The van der Waals surface area contributed by atoms with Crippen LogP contribution in [0.25, 0.3) is 5.69 Å². The Morgan fingerprint density at radius 1 is 1.00 bits per heavy atom. The predicted octanol–water partition coefficient (Wildman–Crippen LogP) is 2.32. The van der Waals surface area contributed by atoms with Gasteiger partial charge in [0.2, 0.25) is 0 Å². The molecule has 1 aromatic heterocycles. The van der Waals surface area contributed by atoms with Crippen LogP contribution in [0.5, 0.6) is 5.75 Å². The summed E-state index contributed by atoms with van der Waals surface area (Å²) in [7, 11) is 0. The molecule has 0 aliphatic heterocycles. The number of rotatable bonds is 5. The van der Waals surface area contributed by atoms with Crippen molar-refractivity contribution in [3.8, 4) is 11.4 Å². The Morgan fingerprint density at radius 3 is 2.12 bits per heavy atom. The van der Waals surface area contributed by atoms with E-state index < -0.39 is 11.9 Å². The minimum Gasteiger partial charge on any atom is -0.508 e. The predicted molar refractivity (Wildman–Crippen MR) is 97.5 cm³/mol. The highest BCUT2D eigenvalue weighted by molar-refractivity contribution is 7.99. The number of carbonyl (C=O) groups is 2. The topological polar surface area (TPSA) is 136 Å². The number of benzene rings is 2. The van der Waals surface area contributed by atoms with Gasteiger partial charge in [-0.25, -0.2) is 9.48 Å². The molecule has 0 saturated carbocycles. The van der Waals surface area contributed by atoms with Gasteiger partial charge in [0.25, 0.3) is 5.91 Å². The average molecular weight is 369 g/mol. The number of anilines is 1. The van der Waals surface area contributed by atoms with Crippen molar-refractivity contribution < 1.29 is 14.7 Å². The summed E-state index contributed by atoms with van der Waals surface area (Å²) in [4.78, 5) is 24.5. The summed E-state index contributed by atoms with van der Waals surface area (Å²) in [6.07, 6.45) is 1.47. The molecule has 0 aliphatic carbocycles. The molecule has 2 aromatic carbocycles. The van der Waals surface area contributed by atoms with E-state index in [0.29, 0.717) is 5.69 Å². The molecule has 6 N–H and O–H groups in total. The summed E-state index contributed by atoms with van der Waals surface area (Å²) >= 11 is 1.53. The number of aromatic hydroxyl groups is 1. The van der Waals surface area contributed by atoms with E-state index in [2.05, 4.69) is 10.4 Å². The number of hydrogen-bond acceptors (Lipinski definition) is 5. The first-order valence-corrected chi connectivity index (χ1v) is 8.27. The number of nitrogens with one attached hydrogen (secondary N) is 1. The minimum absolute atomic E-state index is 0.0775. The molecule has 0 atom stereocenters. The van der Waals surface area contributed by atoms with Crippen LogP contribution in [0, 0.1) is 0 Å². The highest BCUT2D eigenvalue weighted by Crippen LogP contribution is 2.29. The fourth-order valence-electron chi connectivity index (χ4n) is 2.23. The van der Waals surface area contributed by atoms with Crippen molar-refractivity contribution in [2.75, 3.05) is 5.32 Å². The molecule has 3 aromatic rings. The molecule has 26 heavy (non-hydrogen) atoms. The second-order valence-corrected chi connectivity index (χ2v) is 6.43. The maximum Gasteiger partial charge on any atom is 0.316 e. The maximum absolute atomic E-state index is 11.5. The van der Waals surface area contributed by atoms with E-state index in [0.717, 1.165) is 9.79 Å². The second kappa shape index (κ2) is 7.19. The van der Waals surface area contributed by atoms with Gasteiger partial charge in [-0.1, -0.05) is 11.8 Å². The molecular formula is C17H15N5O3S. The first-order valence-electron chi connectivity index (χ1n) is 7.45. The Balaban J connectivity index is 1.83. The summed E-state index contributed by atoms with van der Waals surface area (Å²) in [5, 5.41) is 15.7. The largest absolute Gasteiger partial charge is 0.508 e. The quantitative estimate of drug-likeness (QED) is 0.547. The SMILES string of the molecule is NC(=O)Nc1cn(-c2ccc(Sc3ccc(O)cc3)cc2)nc1C(N)=O. The molecule has 0 fully saturated rings. The number of aromatic nitrogens is 2. The van der Waals surface area contributed by atoms with Crippen molar-refractivity contribution in [3.05, 3.63) is 60.4 Å². The smallest absolute Gasteiger partial charge is 0.316 e. The van der Waals surface area contributed by atoms with Gasteiger partial charge in [-0.2, -0.15) is 5.10 Å². The van der Waals surface area contributed by atoms with Crippen molar-refractivity contribution in [2.45, 2.75) is 9.79 Å². The zero-order valence-electron chi connectivity index (χ0n) is 13.4. The zero-order chi connectivity index (χ0) is 18.7. The van der Waals surface area contributed by atoms with Crippen LogP contribution in [0.2, 0.25) is 0 Å². The summed E-state index contributed by atoms with van der Waals surface area (Å²) in [6, 6.07) is 13.5. The van der Waals surface area contributed by atoms with E-state index in [4.69, 9.17) is 11.5 Å². The summed E-state index contributed by atoms with van der Waals surface area (Å²) in [5.74, 6) is -0.555. The highest BCUT2D eigenvalue weighted by atomic mass is 32.2. The lowest BCUT2D eigenvalue weighted by Gasteiger charge is -2.04. The van der Waals surface area contributed by atoms with Crippen molar-refractivity contribution >= 4 is 29.4 Å². The number of nitrogens with two attached hydrogens (primary N) is 2. The van der Waals surface area contributed by atoms with Gasteiger partial charge in [0.05, 0.1) is 17.6 Å². The van der Waals surface area contributed by atoms with Crippen LogP contribution >= 0.6 is 11.8 Å². The van der Waals surface area contributed by atoms with Gasteiger partial charge in [-0.15, -0.1) is 0 Å². The number of carbonyl (C=O) groups excluding carboxylic acids is 2. The summed E-state index contributed by atoms with van der Waals surface area (Å²) < 4.78 is 1.43. The Labute approximate surface area is 152 Å². The van der Waals surface area contributed by atoms with Crippen LogP contribution in [0.4, 0.5) is 10.5 Å². The Kier molecular flexibility index (Phi) is 4.81. The van der Waals surface area contributed by atoms with Crippen molar-refractivity contribution in [1.29, 1.82) is 0 Å². The lowest BCUT2D eigenvalue weighted by Crippen LogP contribution is -2.22. The van der Waals surface area contributed by atoms with Crippen LogP contribution in [0.3, 0.4) is 0 Å². The van der Waals surface area contributed by atoms with Gasteiger partial charge in [-0.3, -0.25) is 4.79 Å². The molecule has 0 saturated heterocycles. The molecule has 0 spiro atoms. The van der Waals surface area contributed by atoms with Crippen molar-refractivity contribution in [1.82, 2.24) is 9.78 Å². The van der Waals surface area contributed by atoms with Crippen molar-refractivity contribution in [2.24, 2.45) is 11.5 Å². The number of phenols is 1. The standard InChI is InChI=1S/C17H15N5O3S/c18-16(24)15-14(20-17(19)25)9-22(21-15)10-1-5-12(6-2-10)26-13-7-3-11(23)4-8-13/h1-9,23H,(H2,18,24)(H3,19,20,25). The first kappa shape index (κ1) is 17.4. The van der Waals surface area contributed by atoms with E-state index in [1.807, 2.05) is 36.4 Å². The molecule has 9 heteroatoms. The molecule has 0 radical (unpaired) electrons. The van der Waals surface area contributed by atoms with E-state index in [9.17, 15) is 14.7 Å². The Hall–Kier alpha value is -3.46. The van der Waals surface area contributed by atoms with Crippen LogP contribution in [0.1, 0.15) is 10.5 Å². The number of phenolic OH excluding ortho intramolecular Hbond substituents is 1. The highest BCUT2D eigenvalue weighted by Gasteiger charge is 2.16. The van der Waals surface area contributed by atoms with Crippen molar-refractivity contribution in [3.63, 3.8) is 0 Å². The van der Waals surface area contributed by atoms with E-state index in [-0.39, 0.29) is 17.1 Å². The van der Waals surface area contributed by atoms with Crippen LogP contribution in [-0.2, 0) is 0 Å². The third-order valence-electron chi connectivity index (χ3n) is 3.38. The fourth-order valence-corrected chi connectivity index (χ4v) is 3.05. The first-order chi connectivity index (χ1) is 12.4. The molecule has 0 aliphatic rings. The summed E-state index contributed by atoms with van der Waals surface area (Å²) in [5.41, 5.74) is 11.1. The van der Waals surface area contributed by atoms with Crippen LogP contribution in [0.15, 0.2) is 64.5 Å². The molecule has 8 nitrogen and oxygen atoms in total. The number of hydrogen-bond donors (Lipinski definition) is 4. The normalized spacial score (nSPS) is 10.5. The molecule has 3 amide bonds. The fraction of sp³-hybridized carbons (Fsp3) is 0. The van der Waals surface area contributed by atoms with Gasteiger partial charge in [0.15, 0.2) is 5.69 Å². The van der Waals surface area contributed by atoms with Crippen LogP contribution in [-0.4, -0.2) is 26.8 Å². The summed E-state index contributed by atoms with van der Waals surface area (Å²) in [6.45, 7) is 0. The molecule has 132 valence electrons. The Morgan fingerprint density at radius 2 is 1.58 bits per heavy atom. The van der Waals surface area contributed by atoms with Gasteiger partial charge < -0.3 is 21.9 Å². The monoisotopic (exact) mass is 369 g/mol. The lowest BCUT2D eigenvalue weighted by molar-refractivity contribution is 0.0996. The van der Waals surface area contributed by atoms with Gasteiger partial charge in [0.1, 0.15) is 5.75 Å². The minimum atomic E-state index is -0.812.